The monoisotopic (exact) mass is 697 g/mol. The van der Waals surface area contributed by atoms with Crippen LogP contribution in [-0.2, 0) is 35.6 Å². The third kappa shape index (κ3) is 15.9. The van der Waals surface area contributed by atoms with Gasteiger partial charge in [-0.15, -0.1) is 0 Å². The van der Waals surface area contributed by atoms with Crippen molar-refractivity contribution in [1.82, 2.24) is 26.6 Å². The van der Waals surface area contributed by atoms with E-state index in [0.29, 0.717) is 13.0 Å². The second-order valence-electron chi connectivity index (χ2n) is 13.5. The molecular formula is C33H55N5O9S. The Morgan fingerprint density at radius 1 is 0.729 bits per heavy atom. The SMILES string of the molecule is CC(C)C[C@H](NC(=O)[C@H](CCS(C)(=O)=O)NC(=O)[C@@H](NC(=O)O)C(C)C)[C@@H](O)C[C@@H](C)C(=O)N[C@H](C(=O)NCc1ccccc1)C(C)C. The van der Waals surface area contributed by atoms with Gasteiger partial charge in [0, 0.05) is 18.7 Å². The Labute approximate surface area is 284 Å². The van der Waals surface area contributed by atoms with Gasteiger partial charge in [-0.05, 0) is 42.6 Å². The minimum atomic E-state index is -3.54. The summed E-state index contributed by atoms with van der Waals surface area (Å²) in [5.74, 6) is -4.29. The standard InChI is InChI=1S/C33H55N5O9S/c1-19(2)16-25(36-30(41)24(14-15-48(8,46)47)35-32(43)28(21(5)6)38-33(44)45)26(39)17-22(7)29(40)37-27(20(3)4)31(42)34-18-23-12-10-9-11-13-23/h9-13,19-22,24-28,38-39H,14-18H2,1-8H3,(H,34,42)(H,35,43)(H,36,41)(H,37,40)(H,44,45)/t22-,24+,25+,26+,27+,28+/m1/s1. The number of benzene rings is 1. The number of amides is 5. The zero-order valence-electron chi connectivity index (χ0n) is 29.3. The summed E-state index contributed by atoms with van der Waals surface area (Å²) in [7, 11) is -3.54. The third-order valence-electron chi connectivity index (χ3n) is 7.75. The van der Waals surface area contributed by atoms with Crippen molar-refractivity contribution in [3.05, 3.63) is 35.9 Å². The van der Waals surface area contributed by atoms with E-state index in [9.17, 15) is 37.5 Å². The molecule has 0 unspecified atom stereocenters. The van der Waals surface area contributed by atoms with Crippen molar-refractivity contribution in [2.24, 2.45) is 23.7 Å². The van der Waals surface area contributed by atoms with Gasteiger partial charge in [-0.3, -0.25) is 19.2 Å². The molecule has 15 heteroatoms. The number of rotatable bonds is 20. The van der Waals surface area contributed by atoms with Crippen LogP contribution < -0.4 is 26.6 Å². The molecule has 14 nitrogen and oxygen atoms in total. The minimum Gasteiger partial charge on any atom is -0.465 e. The number of sulfone groups is 1. The molecule has 7 N–H and O–H groups in total. The van der Waals surface area contributed by atoms with Crippen LogP contribution in [0.2, 0.25) is 0 Å². The Bertz CT molecular complexity index is 1320. The minimum absolute atomic E-state index is 0.0122. The van der Waals surface area contributed by atoms with E-state index in [4.69, 9.17) is 5.11 Å². The zero-order chi connectivity index (χ0) is 36.8. The maximum atomic E-state index is 13.5. The second kappa shape index (κ2) is 19.9. The molecule has 272 valence electrons. The molecule has 1 aromatic carbocycles. The molecule has 0 aromatic heterocycles. The highest BCUT2D eigenvalue weighted by Crippen LogP contribution is 2.17. The van der Waals surface area contributed by atoms with E-state index in [1.807, 2.05) is 44.2 Å². The summed E-state index contributed by atoms with van der Waals surface area (Å²) in [5.41, 5.74) is 0.907. The number of nitrogens with one attached hydrogen (secondary N) is 5. The number of aliphatic hydroxyl groups is 1. The first-order chi connectivity index (χ1) is 22.2. The number of hydrogen-bond donors (Lipinski definition) is 7. The number of carboxylic acid groups (broad SMARTS) is 1. The molecule has 0 saturated heterocycles. The first kappa shape index (κ1) is 42.3. The molecule has 1 rings (SSSR count). The zero-order valence-corrected chi connectivity index (χ0v) is 30.1. The largest absolute Gasteiger partial charge is 0.465 e. The van der Waals surface area contributed by atoms with Crippen LogP contribution in [0.3, 0.4) is 0 Å². The molecule has 0 spiro atoms. The highest BCUT2D eigenvalue weighted by Gasteiger charge is 2.33. The first-order valence-electron chi connectivity index (χ1n) is 16.3. The Hall–Kier alpha value is -3.72. The van der Waals surface area contributed by atoms with Crippen molar-refractivity contribution < 1.29 is 42.6 Å². The van der Waals surface area contributed by atoms with Crippen molar-refractivity contribution in [2.45, 2.75) is 105 Å². The molecule has 0 saturated carbocycles. The molecule has 5 amide bonds. The fourth-order valence-corrected chi connectivity index (χ4v) is 5.66. The molecular weight excluding hydrogens is 642 g/mol. The first-order valence-corrected chi connectivity index (χ1v) is 18.4. The number of aliphatic hydroxyl groups excluding tert-OH is 1. The second-order valence-corrected chi connectivity index (χ2v) is 15.8. The van der Waals surface area contributed by atoms with Crippen LogP contribution in [0.5, 0.6) is 0 Å². The average molecular weight is 698 g/mol. The van der Waals surface area contributed by atoms with E-state index in [0.717, 1.165) is 11.8 Å². The quantitative estimate of drug-likeness (QED) is 0.105. The highest BCUT2D eigenvalue weighted by molar-refractivity contribution is 7.90. The van der Waals surface area contributed by atoms with Crippen molar-refractivity contribution in [2.75, 3.05) is 12.0 Å². The molecule has 0 aliphatic heterocycles. The molecule has 0 fully saturated rings. The van der Waals surface area contributed by atoms with Crippen molar-refractivity contribution >= 4 is 39.6 Å². The summed E-state index contributed by atoms with van der Waals surface area (Å²) in [6.07, 6.45) is -1.74. The van der Waals surface area contributed by atoms with Crippen LogP contribution in [0.4, 0.5) is 4.79 Å². The lowest BCUT2D eigenvalue weighted by Gasteiger charge is -2.30. The summed E-state index contributed by atoms with van der Waals surface area (Å²) in [4.78, 5) is 63.9. The fraction of sp³-hybridized carbons (Fsp3) is 0.667. The van der Waals surface area contributed by atoms with Crippen LogP contribution in [0.1, 0.15) is 73.3 Å². The molecule has 0 radical (unpaired) electrons. The van der Waals surface area contributed by atoms with Gasteiger partial charge in [-0.1, -0.05) is 78.8 Å². The normalized spacial score (nSPS) is 15.5. The molecule has 0 heterocycles. The number of carbonyl (C=O) groups excluding carboxylic acids is 4. The Morgan fingerprint density at radius 2 is 1.29 bits per heavy atom. The Kier molecular flexibility index (Phi) is 17.6. The summed E-state index contributed by atoms with van der Waals surface area (Å²) in [6.45, 7) is 12.5. The number of carbonyl (C=O) groups is 5. The van der Waals surface area contributed by atoms with Crippen LogP contribution >= 0.6 is 0 Å². The van der Waals surface area contributed by atoms with E-state index in [-0.39, 0.29) is 30.6 Å². The van der Waals surface area contributed by atoms with Crippen molar-refractivity contribution in [3.63, 3.8) is 0 Å². The molecule has 1 aromatic rings. The summed E-state index contributed by atoms with van der Waals surface area (Å²) in [6, 6.07) is 5.08. The highest BCUT2D eigenvalue weighted by atomic mass is 32.2. The van der Waals surface area contributed by atoms with E-state index in [2.05, 4.69) is 26.6 Å². The van der Waals surface area contributed by atoms with Crippen molar-refractivity contribution in [3.8, 4) is 0 Å². The maximum Gasteiger partial charge on any atom is 0.405 e. The van der Waals surface area contributed by atoms with Gasteiger partial charge in [-0.2, -0.15) is 0 Å². The smallest absolute Gasteiger partial charge is 0.405 e. The molecule has 48 heavy (non-hydrogen) atoms. The van der Waals surface area contributed by atoms with Gasteiger partial charge < -0.3 is 36.8 Å². The number of hydrogen-bond acceptors (Lipinski definition) is 8. The van der Waals surface area contributed by atoms with Crippen LogP contribution in [0, 0.1) is 23.7 Å². The molecule has 0 aliphatic carbocycles. The molecule has 0 bridgehead atoms. The van der Waals surface area contributed by atoms with Crippen molar-refractivity contribution in [1.29, 1.82) is 0 Å². The maximum absolute atomic E-state index is 13.5. The van der Waals surface area contributed by atoms with Gasteiger partial charge in [-0.25, -0.2) is 13.2 Å². The molecule has 0 aliphatic rings. The van der Waals surface area contributed by atoms with E-state index < -0.39 is 81.5 Å². The predicted molar refractivity (Wildman–Crippen MR) is 182 cm³/mol. The predicted octanol–water partition coefficient (Wildman–Crippen LogP) is 1.57. The van der Waals surface area contributed by atoms with Gasteiger partial charge in [0.15, 0.2) is 0 Å². The van der Waals surface area contributed by atoms with Gasteiger partial charge in [0.05, 0.1) is 17.9 Å². The summed E-state index contributed by atoms with van der Waals surface area (Å²) < 4.78 is 23.8. The van der Waals surface area contributed by atoms with Gasteiger partial charge in [0.2, 0.25) is 23.6 Å². The van der Waals surface area contributed by atoms with Gasteiger partial charge in [0.25, 0.3) is 0 Å². The van der Waals surface area contributed by atoms with Gasteiger partial charge in [0.1, 0.15) is 28.0 Å². The summed E-state index contributed by atoms with van der Waals surface area (Å²) >= 11 is 0. The lowest BCUT2D eigenvalue weighted by molar-refractivity contribution is -0.133. The average Bonchev–Trinajstić information content (AvgIpc) is 2.98. The van der Waals surface area contributed by atoms with Gasteiger partial charge >= 0.3 is 6.09 Å². The van der Waals surface area contributed by atoms with Crippen LogP contribution in [0.25, 0.3) is 0 Å². The summed E-state index contributed by atoms with van der Waals surface area (Å²) in [5, 5.41) is 33.3. The lowest BCUT2D eigenvalue weighted by atomic mass is 9.91. The van der Waals surface area contributed by atoms with Crippen LogP contribution in [0.15, 0.2) is 30.3 Å². The Balaban J connectivity index is 3.05. The van der Waals surface area contributed by atoms with E-state index >= 15 is 0 Å². The van der Waals surface area contributed by atoms with Crippen LogP contribution in [-0.4, -0.2) is 90.6 Å². The lowest BCUT2D eigenvalue weighted by Crippen LogP contribution is -2.57. The fourth-order valence-electron chi connectivity index (χ4n) is 4.99. The third-order valence-corrected chi connectivity index (χ3v) is 8.73. The Morgan fingerprint density at radius 3 is 1.79 bits per heavy atom. The van der Waals surface area contributed by atoms with E-state index in [1.54, 1.807) is 34.6 Å². The molecule has 6 atom stereocenters. The van der Waals surface area contributed by atoms with E-state index in [1.165, 1.54) is 0 Å². The topological polar surface area (TPSA) is 220 Å².